The van der Waals surface area contributed by atoms with E-state index in [1.807, 2.05) is 16.2 Å². The van der Waals surface area contributed by atoms with Gasteiger partial charge in [0.05, 0.1) is 24.0 Å². The van der Waals surface area contributed by atoms with Gasteiger partial charge in [-0.3, -0.25) is 14.5 Å². The van der Waals surface area contributed by atoms with Crippen molar-refractivity contribution in [3.63, 3.8) is 0 Å². The Morgan fingerprint density at radius 2 is 1.83 bits per heavy atom. The molecule has 0 aliphatic carbocycles. The highest BCUT2D eigenvalue weighted by Crippen LogP contribution is 2.37. The quantitative estimate of drug-likeness (QED) is 0.691. The number of rotatable bonds is 5. The predicted octanol–water partition coefficient (Wildman–Crippen LogP) is 3.13. The second-order valence-corrected chi connectivity index (χ2v) is 9.03. The molecule has 2 aliphatic heterocycles. The van der Waals surface area contributed by atoms with Crippen LogP contribution in [0.4, 0.5) is 0 Å². The molecule has 0 saturated carbocycles. The molecular weight excluding hydrogens is 398 g/mol. The van der Waals surface area contributed by atoms with Crippen molar-refractivity contribution in [3.05, 3.63) is 57.3 Å². The van der Waals surface area contributed by atoms with Gasteiger partial charge in [-0.05, 0) is 36.2 Å². The molecule has 2 atom stereocenters. The summed E-state index contributed by atoms with van der Waals surface area (Å²) in [6, 6.07) is 13.4. The number of nitrogens with zero attached hydrogens (tertiary/aromatic N) is 3. The lowest BCUT2D eigenvalue weighted by Crippen LogP contribution is -2.50. The molecule has 0 bridgehead atoms. The van der Waals surface area contributed by atoms with Crippen LogP contribution in [0.5, 0.6) is 0 Å². The molecule has 1 amide bonds. The van der Waals surface area contributed by atoms with Crippen molar-refractivity contribution in [1.29, 1.82) is 5.26 Å². The van der Waals surface area contributed by atoms with Gasteiger partial charge in [0.2, 0.25) is 5.91 Å². The van der Waals surface area contributed by atoms with Crippen LogP contribution in [0.2, 0.25) is 0 Å². The third kappa shape index (κ3) is 4.40. The molecule has 2 saturated heterocycles. The Labute approximate surface area is 180 Å². The van der Waals surface area contributed by atoms with Gasteiger partial charge in [-0.15, -0.1) is 11.3 Å². The molecule has 4 rings (SSSR count). The van der Waals surface area contributed by atoms with Crippen molar-refractivity contribution >= 4 is 23.2 Å². The molecule has 0 N–H and O–H groups in total. The molecule has 7 heteroatoms. The van der Waals surface area contributed by atoms with Gasteiger partial charge in [0.15, 0.2) is 0 Å². The van der Waals surface area contributed by atoms with E-state index in [1.165, 1.54) is 9.75 Å². The minimum atomic E-state index is -0.575. The fraction of sp³-hybridized carbons (Fsp3) is 0.435. The molecule has 156 valence electrons. The lowest BCUT2D eigenvalue weighted by atomic mass is 9.93. The van der Waals surface area contributed by atoms with E-state index in [-0.39, 0.29) is 18.3 Å². The maximum Gasteiger partial charge on any atom is 0.307 e. The zero-order chi connectivity index (χ0) is 21.1. The van der Waals surface area contributed by atoms with Crippen LogP contribution in [0.1, 0.15) is 40.3 Å². The smallest absolute Gasteiger partial charge is 0.307 e. The summed E-state index contributed by atoms with van der Waals surface area (Å²) in [5, 5.41) is 8.98. The van der Waals surface area contributed by atoms with Crippen LogP contribution in [0.25, 0.3) is 0 Å². The number of carbonyl (C=O) groups excluding carboxylic acids is 2. The zero-order valence-corrected chi connectivity index (χ0v) is 17.9. The average molecular weight is 424 g/mol. The number of carbonyl (C=O) groups is 2. The van der Waals surface area contributed by atoms with Crippen LogP contribution in [0.15, 0.2) is 36.4 Å². The van der Waals surface area contributed by atoms with E-state index in [0.29, 0.717) is 18.7 Å². The molecule has 0 unspecified atom stereocenters. The van der Waals surface area contributed by atoms with E-state index >= 15 is 0 Å². The van der Waals surface area contributed by atoms with Gasteiger partial charge < -0.3 is 9.64 Å². The molecule has 1 aromatic heterocycles. The Balaban J connectivity index is 1.37. The van der Waals surface area contributed by atoms with Crippen LogP contribution in [-0.4, -0.2) is 47.9 Å². The minimum Gasteiger partial charge on any atom is -0.457 e. The normalized spacial score (nSPS) is 22.0. The van der Waals surface area contributed by atoms with E-state index in [9.17, 15) is 9.59 Å². The zero-order valence-electron chi connectivity index (χ0n) is 17.0. The number of nitriles is 1. The van der Waals surface area contributed by atoms with Crippen molar-refractivity contribution in [2.45, 2.75) is 32.4 Å². The summed E-state index contributed by atoms with van der Waals surface area (Å²) in [5.41, 5.74) is 1.31. The molecule has 6 nitrogen and oxygen atoms in total. The molecule has 0 radical (unpaired) electrons. The summed E-state index contributed by atoms with van der Waals surface area (Å²) in [7, 11) is 0. The number of thiophene rings is 1. The van der Waals surface area contributed by atoms with Crippen LogP contribution < -0.4 is 0 Å². The maximum absolute atomic E-state index is 13.2. The van der Waals surface area contributed by atoms with Gasteiger partial charge in [-0.1, -0.05) is 19.1 Å². The fourth-order valence-corrected chi connectivity index (χ4v) is 5.10. The Morgan fingerprint density at radius 3 is 2.47 bits per heavy atom. The Morgan fingerprint density at radius 1 is 1.13 bits per heavy atom. The maximum atomic E-state index is 13.2. The van der Waals surface area contributed by atoms with Crippen LogP contribution in [0.3, 0.4) is 0 Å². The molecule has 2 fully saturated rings. The SMILES string of the molecule is CCc1ccc(CN2CCN(C(=O)[C@H]3CC(=O)O[C@@H]3c3ccc(C#N)cc3)CC2)s1. The number of piperazine rings is 1. The number of hydrogen-bond donors (Lipinski definition) is 0. The molecule has 2 aliphatic rings. The van der Waals surface area contributed by atoms with E-state index in [4.69, 9.17) is 10.00 Å². The average Bonchev–Trinajstić information content (AvgIpc) is 3.40. The largest absolute Gasteiger partial charge is 0.457 e. The topological polar surface area (TPSA) is 73.6 Å². The highest BCUT2D eigenvalue weighted by atomic mass is 32.1. The summed E-state index contributed by atoms with van der Waals surface area (Å²) in [6.07, 6.45) is 0.600. The molecule has 0 spiro atoms. The van der Waals surface area contributed by atoms with Crippen molar-refractivity contribution in [2.24, 2.45) is 5.92 Å². The van der Waals surface area contributed by atoms with Gasteiger partial charge >= 0.3 is 5.97 Å². The number of esters is 1. The fourth-order valence-electron chi connectivity index (χ4n) is 4.10. The van der Waals surface area contributed by atoms with E-state index < -0.39 is 12.0 Å². The van der Waals surface area contributed by atoms with Gasteiger partial charge in [0.1, 0.15) is 6.10 Å². The number of ether oxygens (including phenoxy) is 1. The first kappa shape index (κ1) is 20.6. The third-order valence-corrected chi connectivity index (χ3v) is 7.04. The summed E-state index contributed by atoms with van der Waals surface area (Å²) >= 11 is 1.86. The molecule has 30 heavy (non-hydrogen) atoms. The number of hydrogen-bond acceptors (Lipinski definition) is 6. The lowest BCUT2D eigenvalue weighted by Gasteiger charge is -2.36. The summed E-state index contributed by atoms with van der Waals surface area (Å²) < 4.78 is 5.48. The van der Waals surface area contributed by atoms with E-state index in [0.717, 1.165) is 31.6 Å². The minimum absolute atomic E-state index is 0.0146. The lowest BCUT2D eigenvalue weighted by molar-refractivity contribution is -0.142. The molecule has 1 aromatic carbocycles. The number of aryl methyl sites for hydroxylation is 1. The van der Waals surface area contributed by atoms with Gasteiger partial charge in [0, 0.05) is 42.5 Å². The number of benzene rings is 1. The van der Waals surface area contributed by atoms with Crippen LogP contribution in [0, 0.1) is 17.2 Å². The second-order valence-electron chi connectivity index (χ2n) is 7.78. The van der Waals surface area contributed by atoms with Gasteiger partial charge in [-0.2, -0.15) is 5.26 Å². The van der Waals surface area contributed by atoms with Crippen LogP contribution in [-0.2, 0) is 27.3 Å². The number of amides is 1. The summed E-state index contributed by atoms with van der Waals surface area (Å²) in [6.45, 7) is 6.07. The van der Waals surface area contributed by atoms with Crippen LogP contribution >= 0.6 is 11.3 Å². The highest BCUT2D eigenvalue weighted by molar-refractivity contribution is 7.11. The van der Waals surface area contributed by atoms with E-state index in [2.05, 4.69) is 30.0 Å². The predicted molar refractivity (Wildman–Crippen MR) is 114 cm³/mol. The Kier molecular flexibility index (Phi) is 6.16. The first-order valence-corrected chi connectivity index (χ1v) is 11.2. The van der Waals surface area contributed by atoms with E-state index in [1.54, 1.807) is 24.3 Å². The van der Waals surface area contributed by atoms with Crippen molar-refractivity contribution in [3.8, 4) is 6.07 Å². The highest BCUT2D eigenvalue weighted by Gasteiger charge is 2.43. The van der Waals surface area contributed by atoms with Crippen molar-refractivity contribution in [2.75, 3.05) is 26.2 Å². The summed E-state index contributed by atoms with van der Waals surface area (Å²) in [4.78, 5) is 32.2. The molecular formula is C23H25N3O3S. The monoisotopic (exact) mass is 423 g/mol. The summed E-state index contributed by atoms with van der Waals surface area (Å²) in [5.74, 6) is -0.855. The van der Waals surface area contributed by atoms with Crippen molar-refractivity contribution < 1.29 is 14.3 Å². The second kappa shape index (κ2) is 8.99. The molecule has 2 aromatic rings. The first-order chi connectivity index (χ1) is 14.6. The number of cyclic esters (lactones) is 1. The standard InChI is InChI=1S/C23H25N3O3S/c1-2-18-7-8-19(30-18)15-25-9-11-26(12-10-25)23(28)20-13-21(27)29-22(20)17-5-3-16(14-24)4-6-17/h3-8,20,22H,2,9-13,15H2,1H3/t20-,22+/m0/s1. The Hall–Kier alpha value is -2.69. The molecule has 3 heterocycles. The van der Waals surface area contributed by atoms with Gasteiger partial charge in [-0.25, -0.2) is 0 Å². The van der Waals surface area contributed by atoms with Gasteiger partial charge in [0.25, 0.3) is 0 Å². The van der Waals surface area contributed by atoms with Crippen molar-refractivity contribution in [1.82, 2.24) is 9.80 Å². The Bertz CT molecular complexity index is 955. The first-order valence-electron chi connectivity index (χ1n) is 10.4. The third-order valence-electron chi connectivity index (χ3n) is 5.83.